The summed E-state index contributed by atoms with van der Waals surface area (Å²) in [6.07, 6.45) is 0. The number of piperazine rings is 1. The van der Waals surface area contributed by atoms with Gasteiger partial charge in [0, 0.05) is 37.3 Å². The molecule has 1 aromatic carbocycles. The third-order valence-corrected chi connectivity index (χ3v) is 6.31. The first kappa shape index (κ1) is 17.9. The van der Waals surface area contributed by atoms with Gasteiger partial charge in [-0.3, -0.25) is 4.79 Å². The molecule has 0 aliphatic carbocycles. The maximum atomic E-state index is 12.1. The number of sulfonamides is 1. The zero-order valence-corrected chi connectivity index (χ0v) is 15.4. The number of nitrogens with zero attached hydrogens (tertiary/aromatic N) is 4. The number of rotatable bonds is 4. The van der Waals surface area contributed by atoms with Crippen LogP contribution >= 0.6 is 11.6 Å². The topological polar surface area (TPSA) is 75.5 Å². The van der Waals surface area contributed by atoms with E-state index in [4.69, 9.17) is 11.6 Å². The molecule has 0 bridgehead atoms. The third kappa shape index (κ3) is 3.86. The zero-order chi connectivity index (χ0) is 18.0. The molecule has 2 heterocycles. The average molecular weight is 383 g/mol. The highest BCUT2D eigenvalue weighted by Gasteiger charge is 2.26. The second-order valence-electron chi connectivity index (χ2n) is 5.70. The van der Waals surface area contributed by atoms with Crippen molar-refractivity contribution in [2.45, 2.75) is 6.92 Å². The molecule has 3 rings (SSSR count). The van der Waals surface area contributed by atoms with Gasteiger partial charge in [-0.15, -0.1) is 5.10 Å². The molecule has 0 N–H and O–H groups in total. The van der Waals surface area contributed by atoms with Crippen molar-refractivity contribution in [2.75, 3.05) is 36.8 Å². The van der Waals surface area contributed by atoms with Crippen LogP contribution in [-0.2, 0) is 10.0 Å². The number of hydrogen-bond donors (Lipinski definition) is 0. The number of halogens is 1. The molecular weight excluding hydrogens is 364 g/mol. The van der Waals surface area contributed by atoms with Crippen LogP contribution in [0.3, 0.4) is 0 Å². The molecule has 1 aliphatic rings. The molecule has 134 valence electrons. The summed E-state index contributed by atoms with van der Waals surface area (Å²) in [6, 6.07) is 9.99. The van der Waals surface area contributed by atoms with Crippen molar-refractivity contribution in [3.63, 3.8) is 0 Å². The first-order valence-electron chi connectivity index (χ1n) is 8.00. The standard InChI is InChI=1S/C16H19ClN4O3S/c1-2-25(23,24)20-11-9-19(10-12-20)15-7-8-16(22)21(18-15)14-5-3-13(17)4-6-14/h3-8H,2,9-12H2,1H3. The van der Waals surface area contributed by atoms with E-state index in [0.717, 1.165) is 0 Å². The maximum absolute atomic E-state index is 12.1. The first-order valence-corrected chi connectivity index (χ1v) is 9.98. The predicted octanol–water partition coefficient (Wildman–Crippen LogP) is 1.36. The lowest BCUT2D eigenvalue weighted by molar-refractivity contribution is 0.383. The van der Waals surface area contributed by atoms with Gasteiger partial charge < -0.3 is 4.90 Å². The molecule has 7 nitrogen and oxygen atoms in total. The SMILES string of the molecule is CCS(=O)(=O)N1CCN(c2ccc(=O)n(-c3ccc(Cl)cc3)n2)CC1. The summed E-state index contributed by atoms with van der Waals surface area (Å²) in [5, 5.41) is 5.01. The van der Waals surface area contributed by atoms with Crippen molar-refractivity contribution in [3.8, 4) is 5.69 Å². The van der Waals surface area contributed by atoms with Crippen molar-refractivity contribution in [3.05, 3.63) is 51.8 Å². The van der Waals surface area contributed by atoms with Crippen molar-refractivity contribution < 1.29 is 8.42 Å². The fraction of sp³-hybridized carbons (Fsp3) is 0.375. The molecule has 1 saturated heterocycles. The fourth-order valence-electron chi connectivity index (χ4n) is 2.72. The summed E-state index contributed by atoms with van der Waals surface area (Å²) in [5.41, 5.74) is 0.390. The Balaban J connectivity index is 1.82. The van der Waals surface area contributed by atoms with Crippen LogP contribution in [0.1, 0.15) is 6.92 Å². The summed E-state index contributed by atoms with van der Waals surface area (Å²) in [5.74, 6) is 0.746. The predicted molar refractivity (Wildman–Crippen MR) is 98.1 cm³/mol. The highest BCUT2D eigenvalue weighted by atomic mass is 35.5. The summed E-state index contributed by atoms with van der Waals surface area (Å²) in [4.78, 5) is 14.1. The van der Waals surface area contributed by atoms with E-state index in [1.165, 1.54) is 15.1 Å². The highest BCUT2D eigenvalue weighted by molar-refractivity contribution is 7.89. The molecule has 2 aromatic rings. The lowest BCUT2D eigenvalue weighted by Gasteiger charge is -2.34. The molecule has 1 fully saturated rings. The van der Waals surface area contributed by atoms with Crippen LogP contribution < -0.4 is 10.5 Å². The van der Waals surface area contributed by atoms with E-state index in [-0.39, 0.29) is 11.3 Å². The van der Waals surface area contributed by atoms with E-state index in [0.29, 0.717) is 42.7 Å². The molecular formula is C16H19ClN4O3S. The minimum absolute atomic E-state index is 0.104. The zero-order valence-electron chi connectivity index (χ0n) is 13.8. The molecule has 9 heteroatoms. The molecule has 25 heavy (non-hydrogen) atoms. The fourth-order valence-corrected chi connectivity index (χ4v) is 3.93. The van der Waals surface area contributed by atoms with Crippen LogP contribution in [-0.4, -0.2) is 54.4 Å². The highest BCUT2D eigenvalue weighted by Crippen LogP contribution is 2.16. The third-order valence-electron chi connectivity index (χ3n) is 4.18. The van der Waals surface area contributed by atoms with E-state index < -0.39 is 10.0 Å². The van der Waals surface area contributed by atoms with Crippen LogP contribution in [0.2, 0.25) is 5.02 Å². The van der Waals surface area contributed by atoms with Gasteiger partial charge in [0.1, 0.15) is 5.82 Å². The van der Waals surface area contributed by atoms with Crippen molar-refractivity contribution >= 4 is 27.4 Å². The Kier molecular flexibility index (Phi) is 5.12. The minimum atomic E-state index is -3.17. The Bertz CT molecular complexity index is 904. The van der Waals surface area contributed by atoms with Gasteiger partial charge in [-0.25, -0.2) is 8.42 Å². The van der Waals surface area contributed by atoms with E-state index in [1.54, 1.807) is 37.3 Å². The van der Waals surface area contributed by atoms with Gasteiger partial charge in [0.25, 0.3) is 5.56 Å². The summed E-state index contributed by atoms with van der Waals surface area (Å²) in [7, 11) is -3.17. The van der Waals surface area contributed by atoms with Crippen molar-refractivity contribution in [1.82, 2.24) is 14.1 Å². The molecule has 0 amide bonds. The Morgan fingerprint density at radius 3 is 2.28 bits per heavy atom. The van der Waals surface area contributed by atoms with Gasteiger partial charge in [0.2, 0.25) is 10.0 Å². The number of aromatic nitrogens is 2. The molecule has 0 atom stereocenters. The van der Waals surface area contributed by atoms with E-state index in [1.807, 2.05) is 4.90 Å². The Hall–Kier alpha value is -1.90. The second-order valence-corrected chi connectivity index (χ2v) is 8.40. The van der Waals surface area contributed by atoms with E-state index in [9.17, 15) is 13.2 Å². The number of anilines is 1. The molecule has 0 radical (unpaired) electrons. The first-order chi connectivity index (χ1) is 11.9. The smallest absolute Gasteiger partial charge is 0.271 e. The summed E-state index contributed by atoms with van der Waals surface area (Å²) >= 11 is 5.88. The Morgan fingerprint density at radius 1 is 1.04 bits per heavy atom. The van der Waals surface area contributed by atoms with Crippen LogP contribution in [0.25, 0.3) is 5.69 Å². The van der Waals surface area contributed by atoms with E-state index >= 15 is 0 Å². The van der Waals surface area contributed by atoms with Gasteiger partial charge >= 0.3 is 0 Å². The summed E-state index contributed by atoms with van der Waals surface area (Å²) in [6.45, 7) is 3.54. The van der Waals surface area contributed by atoms with Gasteiger partial charge in [-0.1, -0.05) is 11.6 Å². The van der Waals surface area contributed by atoms with Crippen LogP contribution in [0.5, 0.6) is 0 Å². The van der Waals surface area contributed by atoms with Crippen LogP contribution in [0, 0.1) is 0 Å². The maximum Gasteiger partial charge on any atom is 0.271 e. The Morgan fingerprint density at radius 2 is 1.68 bits per heavy atom. The quantitative estimate of drug-likeness (QED) is 0.798. The monoisotopic (exact) mass is 382 g/mol. The molecule has 0 saturated carbocycles. The average Bonchev–Trinajstić information content (AvgIpc) is 2.63. The summed E-state index contributed by atoms with van der Waals surface area (Å²) < 4.78 is 26.7. The van der Waals surface area contributed by atoms with Crippen molar-refractivity contribution in [2.24, 2.45) is 0 Å². The largest absolute Gasteiger partial charge is 0.353 e. The lowest BCUT2D eigenvalue weighted by atomic mass is 10.3. The van der Waals surface area contributed by atoms with Gasteiger partial charge in [-0.2, -0.15) is 8.99 Å². The minimum Gasteiger partial charge on any atom is -0.353 e. The van der Waals surface area contributed by atoms with Gasteiger partial charge in [-0.05, 0) is 37.3 Å². The Labute approximate surface area is 151 Å². The molecule has 1 aromatic heterocycles. The number of benzene rings is 1. The van der Waals surface area contributed by atoms with Crippen LogP contribution in [0.15, 0.2) is 41.2 Å². The van der Waals surface area contributed by atoms with Gasteiger partial charge in [0.05, 0.1) is 11.4 Å². The molecule has 1 aliphatic heterocycles. The number of hydrogen-bond acceptors (Lipinski definition) is 5. The van der Waals surface area contributed by atoms with Crippen molar-refractivity contribution in [1.29, 1.82) is 0 Å². The lowest BCUT2D eigenvalue weighted by Crippen LogP contribution is -2.49. The normalized spacial score (nSPS) is 16.2. The van der Waals surface area contributed by atoms with Crippen LogP contribution in [0.4, 0.5) is 5.82 Å². The molecule has 0 unspecified atom stereocenters. The molecule has 0 spiro atoms. The second kappa shape index (κ2) is 7.15. The van der Waals surface area contributed by atoms with E-state index in [2.05, 4.69) is 5.10 Å². The van der Waals surface area contributed by atoms with Gasteiger partial charge in [0.15, 0.2) is 0 Å².